The predicted molar refractivity (Wildman–Crippen MR) is 106 cm³/mol. The van der Waals surface area contributed by atoms with Crippen LogP contribution in [0.3, 0.4) is 0 Å². The van der Waals surface area contributed by atoms with Crippen LogP contribution in [-0.2, 0) is 11.2 Å². The third-order valence-electron chi connectivity index (χ3n) is 3.67. The van der Waals surface area contributed by atoms with E-state index in [0.29, 0.717) is 12.2 Å². The lowest BCUT2D eigenvalue weighted by Gasteiger charge is -2.09. The maximum Gasteiger partial charge on any atom is 0.0904 e. The molecule has 0 radical (unpaired) electrons. The molecule has 0 fully saturated rings. The van der Waals surface area contributed by atoms with Crippen molar-refractivity contribution in [2.24, 2.45) is 0 Å². The van der Waals surface area contributed by atoms with Gasteiger partial charge in [0.25, 0.3) is 0 Å². The first-order valence-corrected chi connectivity index (χ1v) is 8.81. The fourth-order valence-corrected chi connectivity index (χ4v) is 3.73. The molecule has 4 heteroatoms. The van der Waals surface area contributed by atoms with E-state index in [2.05, 4.69) is 37.9 Å². The molecule has 23 heavy (non-hydrogen) atoms. The summed E-state index contributed by atoms with van der Waals surface area (Å²) < 4.78 is 5.25. The van der Waals surface area contributed by atoms with Crippen LogP contribution >= 0.6 is 28.3 Å². The van der Waals surface area contributed by atoms with Gasteiger partial charge in [0.2, 0.25) is 0 Å². The molecular weight excluding hydrogens is 370 g/mol. The minimum Gasteiger partial charge on any atom is -0.376 e. The van der Waals surface area contributed by atoms with E-state index in [1.54, 1.807) is 0 Å². The van der Waals surface area contributed by atoms with Crippen molar-refractivity contribution in [1.82, 2.24) is 4.98 Å². The fraction of sp³-hybridized carbons (Fsp3) is 0.526. The van der Waals surface area contributed by atoms with Crippen LogP contribution in [0.4, 0.5) is 0 Å². The van der Waals surface area contributed by atoms with Crippen molar-refractivity contribution in [1.29, 1.82) is 0 Å². The molecule has 128 valence electrons. The van der Waals surface area contributed by atoms with E-state index < -0.39 is 0 Å². The summed E-state index contributed by atoms with van der Waals surface area (Å²) in [6, 6.07) is 4.60. The average molecular weight is 398 g/mol. The lowest BCUT2D eigenvalue weighted by molar-refractivity contribution is 0.0300. The molecule has 0 saturated heterocycles. The molecule has 1 aromatic heterocycles. The average Bonchev–Trinajstić information content (AvgIpc) is 2.86. The summed E-state index contributed by atoms with van der Waals surface area (Å²) in [6.07, 6.45) is 1.83. The molecule has 1 aromatic carbocycles. The van der Waals surface area contributed by atoms with Crippen molar-refractivity contribution in [2.45, 2.75) is 67.1 Å². The largest absolute Gasteiger partial charge is 0.376 e. The summed E-state index contributed by atoms with van der Waals surface area (Å²) in [5, 5.41) is 1.18. The van der Waals surface area contributed by atoms with E-state index in [9.17, 15) is 0 Å². The smallest absolute Gasteiger partial charge is 0.0904 e. The summed E-state index contributed by atoms with van der Waals surface area (Å²) in [5.74, 6) is 0. The molecular formula is C19H28BrNOS. The van der Waals surface area contributed by atoms with Crippen LogP contribution in [0, 0.1) is 20.8 Å². The van der Waals surface area contributed by atoms with Crippen LogP contribution in [0.2, 0.25) is 0 Å². The monoisotopic (exact) mass is 397 g/mol. The molecule has 0 unspecified atom stereocenters. The minimum atomic E-state index is 0. The van der Waals surface area contributed by atoms with Crippen molar-refractivity contribution in [3.8, 4) is 11.3 Å². The van der Waals surface area contributed by atoms with Crippen LogP contribution in [0.15, 0.2) is 12.1 Å². The maximum atomic E-state index is 5.25. The number of nitrogens with zero attached hydrogens (tertiary/aromatic N) is 1. The molecule has 2 aromatic rings. The first-order valence-electron chi connectivity index (χ1n) is 8.00. The number of aromatic nitrogens is 1. The molecule has 0 amide bonds. The van der Waals surface area contributed by atoms with Gasteiger partial charge in [-0.1, -0.05) is 6.07 Å². The van der Waals surface area contributed by atoms with Crippen LogP contribution in [0.1, 0.15) is 54.3 Å². The molecule has 1 aliphatic rings. The zero-order chi connectivity index (χ0) is 16.4. The quantitative estimate of drug-likeness (QED) is 0.525. The summed E-state index contributed by atoms with van der Waals surface area (Å²) in [6.45, 7) is 14.6. The molecule has 0 N–H and O–H groups in total. The standard InChI is InChI=1S/C13H13NS.C6H14O.BrH/c1-7-4-10-6-12-13(14-9(3)15-12)11(10)5-8(7)2;1-5(2)7-6(3)4;/h4-5H,6H2,1-3H3;5-6H,1-4H3;1H. The van der Waals surface area contributed by atoms with Gasteiger partial charge in [-0.2, -0.15) is 0 Å². The Hall–Kier alpha value is -0.710. The second-order valence-corrected chi connectivity index (χ2v) is 7.80. The first-order chi connectivity index (χ1) is 10.3. The van der Waals surface area contributed by atoms with E-state index >= 15 is 0 Å². The minimum absolute atomic E-state index is 0. The molecule has 3 rings (SSSR count). The van der Waals surface area contributed by atoms with Gasteiger partial charge >= 0.3 is 0 Å². The number of halogens is 1. The van der Waals surface area contributed by atoms with Gasteiger partial charge in [-0.3, -0.25) is 0 Å². The molecule has 0 bridgehead atoms. The van der Waals surface area contributed by atoms with Gasteiger partial charge in [-0.15, -0.1) is 28.3 Å². The first kappa shape index (κ1) is 20.3. The van der Waals surface area contributed by atoms with E-state index in [-0.39, 0.29) is 17.0 Å². The number of ether oxygens (including phenoxy) is 1. The number of benzene rings is 1. The van der Waals surface area contributed by atoms with Gasteiger partial charge in [-0.25, -0.2) is 4.98 Å². The Balaban J connectivity index is 0.000000287. The zero-order valence-electron chi connectivity index (χ0n) is 15.2. The van der Waals surface area contributed by atoms with Crippen LogP contribution in [0.5, 0.6) is 0 Å². The van der Waals surface area contributed by atoms with Crippen molar-refractivity contribution in [2.75, 3.05) is 0 Å². The number of hydrogen-bond donors (Lipinski definition) is 0. The number of rotatable bonds is 2. The maximum absolute atomic E-state index is 5.25. The van der Waals surface area contributed by atoms with Crippen molar-refractivity contribution in [3.63, 3.8) is 0 Å². The molecule has 1 aliphatic carbocycles. The van der Waals surface area contributed by atoms with Gasteiger partial charge < -0.3 is 4.74 Å². The zero-order valence-corrected chi connectivity index (χ0v) is 17.7. The Morgan fingerprint density at radius 3 is 2.09 bits per heavy atom. The van der Waals surface area contributed by atoms with Crippen molar-refractivity contribution < 1.29 is 4.74 Å². The van der Waals surface area contributed by atoms with Gasteiger partial charge in [0.15, 0.2) is 0 Å². The Kier molecular flexibility index (Phi) is 7.43. The highest BCUT2D eigenvalue weighted by Gasteiger charge is 2.22. The van der Waals surface area contributed by atoms with Gasteiger partial charge in [0.05, 0.1) is 22.9 Å². The normalized spacial score (nSPS) is 11.7. The van der Waals surface area contributed by atoms with E-state index in [4.69, 9.17) is 4.74 Å². The summed E-state index contributed by atoms with van der Waals surface area (Å²) in [5.41, 5.74) is 6.80. The highest BCUT2D eigenvalue weighted by Crippen LogP contribution is 2.40. The Labute approximate surface area is 155 Å². The van der Waals surface area contributed by atoms with E-state index in [0.717, 1.165) is 6.42 Å². The van der Waals surface area contributed by atoms with Crippen molar-refractivity contribution in [3.05, 3.63) is 38.7 Å². The SMILES string of the molecule is Br.CC(C)OC(C)C.Cc1nc2c(s1)Cc1cc(C)c(C)cc1-2. The van der Waals surface area contributed by atoms with Gasteiger partial charge in [0.1, 0.15) is 0 Å². The van der Waals surface area contributed by atoms with E-state index in [1.807, 2.05) is 39.0 Å². The second kappa shape index (κ2) is 8.41. The topological polar surface area (TPSA) is 22.1 Å². The summed E-state index contributed by atoms with van der Waals surface area (Å²) in [4.78, 5) is 6.06. The summed E-state index contributed by atoms with van der Waals surface area (Å²) in [7, 11) is 0. The summed E-state index contributed by atoms with van der Waals surface area (Å²) >= 11 is 1.83. The third-order valence-corrected chi connectivity index (χ3v) is 4.65. The highest BCUT2D eigenvalue weighted by atomic mass is 79.9. The molecule has 0 spiro atoms. The van der Waals surface area contributed by atoms with Crippen LogP contribution < -0.4 is 0 Å². The van der Waals surface area contributed by atoms with Gasteiger partial charge in [0, 0.05) is 16.9 Å². The Morgan fingerprint density at radius 1 is 1.00 bits per heavy atom. The number of hydrogen-bond acceptors (Lipinski definition) is 3. The fourth-order valence-electron chi connectivity index (χ4n) is 2.76. The molecule has 0 atom stereocenters. The number of thiazole rings is 1. The molecule has 1 heterocycles. The molecule has 0 aliphatic heterocycles. The Morgan fingerprint density at radius 2 is 1.57 bits per heavy atom. The number of fused-ring (bicyclic) bond motifs is 3. The Bertz CT molecular complexity index is 656. The molecule has 2 nitrogen and oxygen atoms in total. The molecule has 0 saturated carbocycles. The lowest BCUT2D eigenvalue weighted by Crippen LogP contribution is -2.09. The highest BCUT2D eigenvalue weighted by molar-refractivity contribution is 8.93. The van der Waals surface area contributed by atoms with Crippen molar-refractivity contribution >= 4 is 28.3 Å². The van der Waals surface area contributed by atoms with E-state index in [1.165, 1.54) is 37.8 Å². The van der Waals surface area contributed by atoms with Crippen LogP contribution in [0.25, 0.3) is 11.3 Å². The van der Waals surface area contributed by atoms with Crippen LogP contribution in [-0.4, -0.2) is 17.2 Å². The second-order valence-electron chi connectivity index (χ2n) is 6.51. The predicted octanol–water partition coefficient (Wildman–Crippen LogP) is 6.04. The lowest BCUT2D eigenvalue weighted by atomic mass is 10.0. The number of aryl methyl sites for hydroxylation is 3. The third kappa shape index (κ3) is 5.13. The van der Waals surface area contributed by atoms with Gasteiger partial charge in [-0.05, 0) is 71.2 Å².